The maximum Gasteiger partial charge on any atom is 0.113 e. The van der Waals surface area contributed by atoms with Crippen LogP contribution in [0.3, 0.4) is 0 Å². The quantitative estimate of drug-likeness (QED) is 0.658. The van der Waals surface area contributed by atoms with Gasteiger partial charge in [0.05, 0.1) is 0 Å². The van der Waals surface area contributed by atoms with Crippen LogP contribution in [0.15, 0.2) is 21.8 Å². The first-order chi connectivity index (χ1) is 5.15. The zero-order chi connectivity index (χ0) is 8.43. The zero-order valence-electron chi connectivity index (χ0n) is 6.39. The molecule has 0 saturated heterocycles. The molecule has 0 heterocycles. The Kier molecular flexibility index (Phi) is 2.39. The third kappa shape index (κ3) is 1.66. The van der Waals surface area contributed by atoms with Crippen LogP contribution in [0.1, 0.15) is 11.1 Å². The van der Waals surface area contributed by atoms with Crippen molar-refractivity contribution in [3.63, 3.8) is 0 Å². The Labute approximate surface area is 73.7 Å². The normalized spacial score (nSPS) is 9.73. The van der Waals surface area contributed by atoms with E-state index in [0.29, 0.717) is 5.69 Å². The van der Waals surface area contributed by atoms with Crippen LogP contribution in [-0.2, 0) is 0 Å². The summed E-state index contributed by atoms with van der Waals surface area (Å²) in [6.07, 6.45) is 0. The van der Waals surface area contributed by atoms with Crippen LogP contribution in [0.2, 0.25) is 0 Å². The van der Waals surface area contributed by atoms with Crippen molar-refractivity contribution in [2.24, 2.45) is 5.18 Å². The molecule has 58 valence electrons. The number of nitroso groups, excluding NO2 is 1. The van der Waals surface area contributed by atoms with Crippen molar-refractivity contribution >= 4 is 21.6 Å². The van der Waals surface area contributed by atoms with Crippen LogP contribution in [0, 0.1) is 18.8 Å². The van der Waals surface area contributed by atoms with Crippen molar-refractivity contribution in [3.05, 3.63) is 32.6 Å². The second kappa shape index (κ2) is 3.13. The summed E-state index contributed by atoms with van der Waals surface area (Å²) in [6.45, 7) is 3.74. The van der Waals surface area contributed by atoms with Gasteiger partial charge in [-0.3, -0.25) is 0 Å². The lowest BCUT2D eigenvalue weighted by Gasteiger charge is -2.01. The smallest absolute Gasteiger partial charge is 0.113 e. The second-order valence-corrected chi connectivity index (χ2v) is 3.40. The van der Waals surface area contributed by atoms with Gasteiger partial charge in [0.1, 0.15) is 5.69 Å². The molecule has 11 heavy (non-hydrogen) atoms. The maximum atomic E-state index is 10.3. The summed E-state index contributed by atoms with van der Waals surface area (Å²) in [5.41, 5.74) is 2.37. The van der Waals surface area contributed by atoms with E-state index in [9.17, 15) is 4.91 Å². The van der Waals surface area contributed by atoms with E-state index in [2.05, 4.69) is 21.1 Å². The SMILES string of the molecule is Cc1cc(Br)cc(C)c1N=O. The minimum atomic E-state index is 0.549. The molecule has 0 atom stereocenters. The van der Waals surface area contributed by atoms with Gasteiger partial charge in [0, 0.05) is 4.47 Å². The minimum Gasteiger partial charge on any atom is -0.145 e. The van der Waals surface area contributed by atoms with Crippen LogP contribution in [0.5, 0.6) is 0 Å². The summed E-state index contributed by atoms with van der Waals surface area (Å²) in [4.78, 5) is 10.3. The third-order valence-electron chi connectivity index (χ3n) is 1.55. The predicted molar refractivity (Wildman–Crippen MR) is 49.1 cm³/mol. The van der Waals surface area contributed by atoms with Gasteiger partial charge in [0.25, 0.3) is 0 Å². The van der Waals surface area contributed by atoms with Crippen LogP contribution in [0.25, 0.3) is 0 Å². The van der Waals surface area contributed by atoms with E-state index < -0.39 is 0 Å². The molecule has 0 bridgehead atoms. The van der Waals surface area contributed by atoms with Gasteiger partial charge in [-0.25, -0.2) is 0 Å². The average molecular weight is 214 g/mol. The van der Waals surface area contributed by atoms with Gasteiger partial charge in [-0.2, -0.15) is 0 Å². The van der Waals surface area contributed by atoms with E-state index in [1.165, 1.54) is 0 Å². The predicted octanol–water partition coefficient (Wildman–Crippen LogP) is 3.46. The van der Waals surface area contributed by atoms with Crippen molar-refractivity contribution in [1.82, 2.24) is 0 Å². The first-order valence-electron chi connectivity index (χ1n) is 3.25. The van der Waals surface area contributed by atoms with E-state index in [1.807, 2.05) is 26.0 Å². The Morgan fingerprint density at radius 2 is 1.73 bits per heavy atom. The van der Waals surface area contributed by atoms with E-state index in [0.717, 1.165) is 15.6 Å². The summed E-state index contributed by atoms with van der Waals surface area (Å²) in [6, 6.07) is 3.76. The van der Waals surface area contributed by atoms with Crippen LogP contribution in [0.4, 0.5) is 5.69 Å². The van der Waals surface area contributed by atoms with Crippen LogP contribution < -0.4 is 0 Å². The molecule has 0 fully saturated rings. The molecule has 0 radical (unpaired) electrons. The standard InChI is InChI=1S/C8H8BrNO/c1-5-3-7(9)4-6(2)8(5)10-11/h3-4H,1-2H3. The van der Waals surface area contributed by atoms with Crippen LogP contribution in [-0.4, -0.2) is 0 Å². The number of benzene rings is 1. The van der Waals surface area contributed by atoms with Gasteiger partial charge < -0.3 is 0 Å². The number of aryl methyl sites for hydroxylation is 2. The Morgan fingerprint density at radius 1 is 1.27 bits per heavy atom. The first-order valence-corrected chi connectivity index (χ1v) is 4.04. The molecule has 2 nitrogen and oxygen atoms in total. The van der Waals surface area contributed by atoms with Gasteiger partial charge in [-0.15, -0.1) is 4.91 Å². The highest BCUT2D eigenvalue weighted by molar-refractivity contribution is 9.10. The van der Waals surface area contributed by atoms with Gasteiger partial charge >= 0.3 is 0 Å². The van der Waals surface area contributed by atoms with E-state index in [-0.39, 0.29) is 0 Å². The molecule has 1 rings (SSSR count). The van der Waals surface area contributed by atoms with Crippen molar-refractivity contribution in [1.29, 1.82) is 0 Å². The lowest BCUT2D eigenvalue weighted by atomic mass is 10.1. The molecule has 0 aliphatic rings. The summed E-state index contributed by atoms with van der Waals surface area (Å²) in [5, 5.41) is 2.94. The molecule has 0 saturated carbocycles. The maximum absolute atomic E-state index is 10.3. The number of hydrogen-bond acceptors (Lipinski definition) is 2. The van der Waals surface area contributed by atoms with Crippen LogP contribution >= 0.6 is 15.9 Å². The molecule has 3 heteroatoms. The summed E-state index contributed by atoms with van der Waals surface area (Å²) >= 11 is 3.33. The minimum absolute atomic E-state index is 0.549. The fraction of sp³-hybridized carbons (Fsp3) is 0.250. The highest BCUT2D eigenvalue weighted by Crippen LogP contribution is 2.26. The molecular formula is C8H8BrNO. The Balaban J connectivity index is 3.36. The fourth-order valence-electron chi connectivity index (χ4n) is 1.05. The van der Waals surface area contributed by atoms with Gasteiger partial charge in [0.15, 0.2) is 0 Å². The first kappa shape index (κ1) is 8.40. The summed E-state index contributed by atoms with van der Waals surface area (Å²) in [5.74, 6) is 0. The molecule has 0 unspecified atom stereocenters. The number of halogens is 1. The van der Waals surface area contributed by atoms with Crippen molar-refractivity contribution in [2.45, 2.75) is 13.8 Å². The molecule has 0 amide bonds. The molecule has 0 aromatic heterocycles. The van der Waals surface area contributed by atoms with Gasteiger partial charge in [-0.05, 0) is 42.3 Å². The van der Waals surface area contributed by atoms with Crippen molar-refractivity contribution < 1.29 is 0 Å². The molecular weight excluding hydrogens is 206 g/mol. The highest BCUT2D eigenvalue weighted by atomic mass is 79.9. The largest absolute Gasteiger partial charge is 0.145 e. The van der Waals surface area contributed by atoms with E-state index in [1.54, 1.807) is 0 Å². The molecule has 0 aliphatic heterocycles. The second-order valence-electron chi connectivity index (χ2n) is 2.48. The van der Waals surface area contributed by atoms with E-state index >= 15 is 0 Å². The lowest BCUT2D eigenvalue weighted by molar-refractivity contribution is 1.31. The lowest BCUT2D eigenvalue weighted by Crippen LogP contribution is -1.79. The topological polar surface area (TPSA) is 29.4 Å². The number of hydrogen-bond donors (Lipinski definition) is 0. The number of rotatable bonds is 1. The third-order valence-corrected chi connectivity index (χ3v) is 2.00. The van der Waals surface area contributed by atoms with Crippen molar-refractivity contribution in [2.75, 3.05) is 0 Å². The molecule has 0 N–H and O–H groups in total. The fourth-order valence-corrected chi connectivity index (χ4v) is 1.73. The number of nitrogens with zero attached hydrogens (tertiary/aromatic N) is 1. The van der Waals surface area contributed by atoms with E-state index in [4.69, 9.17) is 0 Å². The Morgan fingerprint density at radius 3 is 2.09 bits per heavy atom. The Bertz CT molecular complexity index is 273. The molecule has 0 spiro atoms. The highest BCUT2D eigenvalue weighted by Gasteiger charge is 2.02. The van der Waals surface area contributed by atoms with Crippen molar-refractivity contribution in [3.8, 4) is 0 Å². The molecule has 1 aromatic rings. The average Bonchev–Trinajstić information content (AvgIpc) is 1.85. The monoisotopic (exact) mass is 213 g/mol. The molecule has 1 aromatic carbocycles. The van der Waals surface area contributed by atoms with Gasteiger partial charge in [-0.1, -0.05) is 15.9 Å². The summed E-state index contributed by atoms with van der Waals surface area (Å²) in [7, 11) is 0. The Hall–Kier alpha value is -0.700. The summed E-state index contributed by atoms with van der Waals surface area (Å²) < 4.78 is 0.986. The van der Waals surface area contributed by atoms with Gasteiger partial charge in [0.2, 0.25) is 0 Å². The zero-order valence-corrected chi connectivity index (χ0v) is 7.97. The molecule has 0 aliphatic carbocycles.